The Labute approximate surface area is 139 Å². The highest BCUT2D eigenvalue weighted by Gasteiger charge is 2.13. The molecule has 0 saturated carbocycles. The van der Waals surface area contributed by atoms with Gasteiger partial charge in [-0.3, -0.25) is 9.67 Å². The number of nitrogens with one attached hydrogen (secondary N) is 1. The van der Waals surface area contributed by atoms with Crippen LogP contribution in [0, 0.1) is 5.82 Å². The van der Waals surface area contributed by atoms with Crippen LogP contribution in [0.2, 0.25) is 0 Å². The highest BCUT2D eigenvalue weighted by molar-refractivity contribution is 7.89. The van der Waals surface area contributed by atoms with E-state index in [9.17, 15) is 12.8 Å². The Hall–Kier alpha value is -2.58. The van der Waals surface area contributed by atoms with E-state index in [0.29, 0.717) is 6.54 Å². The number of sulfonamides is 1. The van der Waals surface area contributed by atoms with Crippen molar-refractivity contribution in [3.63, 3.8) is 0 Å². The maximum Gasteiger partial charge on any atom is 0.240 e. The lowest BCUT2D eigenvalue weighted by molar-refractivity contribution is 0.561. The summed E-state index contributed by atoms with van der Waals surface area (Å²) in [5.41, 5.74) is 1.47. The number of halogens is 1. The van der Waals surface area contributed by atoms with Crippen LogP contribution in [0.3, 0.4) is 0 Å². The van der Waals surface area contributed by atoms with Crippen LogP contribution in [0.4, 0.5) is 4.39 Å². The van der Waals surface area contributed by atoms with Gasteiger partial charge >= 0.3 is 0 Å². The number of rotatable bonds is 6. The molecule has 2 aromatic heterocycles. The Morgan fingerprint density at radius 2 is 1.83 bits per heavy atom. The predicted molar refractivity (Wildman–Crippen MR) is 87.0 cm³/mol. The van der Waals surface area contributed by atoms with E-state index < -0.39 is 15.8 Å². The first kappa shape index (κ1) is 16.3. The lowest BCUT2D eigenvalue weighted by Crippen LogP contribution is -2.27. The van der Waals surface area contributed by atoms with Crippen LogP contribution < -0.4 is 4.72 Å². The van der Waals surface area contributed by atoms with Gasteiger partial charge in [0.25, 0.3) is 0 Å². The molecule has 0 saturated heterocycles. The lowest BCUT2D eigenvalue weighted by atomic mass is 10.3. The van der Waals surface area contributed by atoms with Crippen molar-refractivity contribution >= 4 is 10.0 Å². The second-order valence-corrected chi connectivity index (χ2v) is 6.80. The van der Waals surface area contributed by atoms with Crippen molar-refractivity contribution in [1.82, 2.24) is 19.5 Å². The molecule has 0 bridgehead atoms. The van der Waals surface area contributed by atoms with Crippen LogP contribution in [0.5, 0.6) is 0 Å². The second-order valence-electron chi connectivity index (χ2n) is 5.03. The summed E-state index contributed by atoms with van der Waals surface area (Å²) in [6.07, 6.45) is 3.45. The van der Waals surface area contributed by atoms with Gasteiger partial charge in [0.2, 0.25) is 10.0 Å². The molecule has 0 atom stereocenters. The quantitative estimate of drug-likeness (QED) is 0.741. The van der Waals surface area contributed by atoms with Crippen molar-refractivity contribution in [2.24, 2.45) is 0 Å². The highest BCUT2D eigenvalue weighted by Crippen LogP contribution is 2.13. The van der Waals surface area contributed by atoms with Crippen LogP contribution >= 0.6 is 0 Å². The Balaban J connectivity index is 1.60. The summed E-state index contributed by atoms with van der Waals surface area (Å²) >= 11 is 0. The minimum absolute atomic E-state index is 0.0264. The van der Waals surface area contributed by atoms with Gasteiger partial charge < -0.3 is 0 Å². The fourth-order valence-corrected chi connectivity index (χ4v) is 3.15. The largest absolute Gasteiger partial charge is 0.271 e. The smallest absolute Gasteiger partial charge is 0.240 e. The fourth-order valence-electron chi connectivity index (χ4n) is 2.13. The summed E-state index contributed by atoms with van der Waals surface area (Å²) in [5.74, 6) is -0.479. The van der Waals surface area contributed by atoms with Gasteiger partial charge in [-0.05, 0) is 42.5 Å². The van der Waals surface area contributed by atoms with Crippen LogP contribution in [0.25, 0.3) is 11.4 Å². The number of benzene rings is 1. The van der Waals surface area contributed by atoms with E-state index in [2.05, 4.69) is 14.8 Å². The molecule has 0 radical (unpaired) electrons. The van der Waals surface area contributed by atoms with Crippen molar-refractivity contribution in [1.29, 1.82) is 0 Å². The highest BCUT2D eigenvalue weighted by atomic mass is 32.2. The topological polar surface area (TPSA) is 76.9 Å². The van der Waals surface area contributed by atoms with Crippen molar-refractivity contribution in [3.8, 4) is 11.4 Å². The summed E-state index contributed by atoms with van der Waals surface area (Å²) in [7, 11) is -3.66. The molecule has 0 aliphatic rings. The third-order valence-electron chi connectivity index (χ3n) is 3.32. The molecule has 124 valence electrons. The van der Waals surface area contributed by atoms with Gasteiger partial charge in [0, 0.05) is 18.9 Å². The number of aromatic nitrogens is 3. The average Bonchev–Trinajstić information content (AvgIpc) is 3.05. The minimum atomic E-state index is -3.66. The van der Waals surface area contributed by atoms with Gasteiger partial charge in [-0.2, -0.15) is 5.10 Å². The number of hydrogen-bond donors (Lipinski definition) is 1. The molecule has 3 aromatic rings. The molecule has 1 N–H and O–H groups in total. The van der Waals surface area contributed by atoms with E-state index in [1.165, 1.54) is 12.1 Å². The molecule has 1 aromatic carbocycles. The Morgan fingerprint density at radius 1 is 1.04 bits per heavy atom. The molecule has 3 rings (SSSR count). The summed E-state index contributed by atoms with van der Waals surface area (Å²) in [5, 5.41) is 4.35. The second kappa shape index (κ2) is 6.90. The average molecular weight is 346 g/mol. The first-order valence-corrected chi connectivity index (χ1v) is 8.73. The van der Waals surface area contributed by atoms with E-state index >= 15 is 0 Å². The summed E-state index contributed by atoms with van der Waals surface area (Å²) < 4.78 is 41.1. The summed E-state index contributed by atoms with van der Waals surface area (Å²) in [6.45, 7) is 0.538. The number of hydrogen-bond acceptors (Lipinski definition) is 4. The van der Waals surface area contributed by atoms with Crippen LogP contribution in [0.15, 0.2) is 65.8 Å². The van der Waals surface area contributed by atoms with Gasteiger partial charge in [-0.25, -0.2) is 17.5 Å². The monoisotopic (exact) mass is 346 g/mol. The Bertz CT molecular complexity index is 909. The third kappa shape index (κ3) is 3.84. The molecule has 24 heavy (non-hydrogen) atoms. The van der Waals surface area contributed by atoms with Gasteiger partial charge in [0.1, 0.15) is 11.5 Å². The molecular weight excluding hydrogens is 331 g/mol. The van der Waals surface area contributed by atoms with Gasteiger partial charge in [-0.1, -0.05) is 6.07 Å². The van der Waals surface area contributed by atoms with E-state index in [1.807, 2.05) is 24.3 Å². The van der Waals surface area contributed by atoms with Crippen molar-refractivity contribution in [2.75, 3.05) is 6.54 Å². The molecule has 0 fully saturated rings. The van der Waals surface area contributed by atoms with E-state index in [1.54, 1.807) is 17.1 Å². The van der Waals surface area contributed by atoms with Crippen molar-refractivity contribution < 1.29 is 12.8 Å². The molecule has 0 unspecified atom stereocenters. The van der Waals surface area contributed by atoms with Crippen molar-refractivity contribution in [2.45, 2.75) is 11.4 Å². The number of pyridine rings is 1. The zero-order valence-electron chi connectivity index (χ0n) is 12.6. The molecule has 8 heteroatoms. The molecule has 2 heterocycles. The molecule has 0 amide bonds. The third-order valence-corrected chi connectivity index (χ3v) is 4.80. The lowest BCUT2D eigenvalue weighted by Gasteiger charge is -2.07. The maximum atomic E-state index is 12.9. The van der Waals surface area contributed by atoms with Gasteiger partial charge in [-0.15, -0.1) is 0 Å². The molecular formula is C16H15FN4O2S. The predicted octanol–water partition coefficient (Wildman–Crippen LogP) is 2.06. The summed E-state index contributed by atoms with van der Waals surface area (Å²) in [6, 6.07) is 12.0. The van der Waals surface area contributed by atoms with Crippen molar-refractivity contribution in [3.05, 3.63) is 66.7 Å². The molecule has 0 spiro atoms. The van der Waals surface area contributed by atoms with Crippen LogP contribution in [-0.4, -0.2) is 29.7 Å². The van der Waals surface area contributed by atoms with Gasteiger partial charge in [0.05, 0.1) is 17.1 Å². The SMILES string of the molecule is O=S(=O)(NCCn1ccc(-c2ccccn2)n1)c1ccc(F)cc1. The molecule has 6 nitrogen and oxygen atoms in total. The summed E-state index contributed by atoms with van der Waals surface area (Å²) in [4.78, 5) is 4.24. The first-order valence-electron chi connectivity index (χ1n) is 7.25. The van der Waals surface area contributed by atoms with E-state index in [-0.39, 0.29) is 11.4 Å². The Morgan fingerprint density at radius 3 is 2.54 bits per heavy atom. The van der Waals surface area contributed by atoms with Gasteiger partial charge in [0.15, 0.2) is 0 Å². The number of nitrogens with zero attached hydrogens (tertiary/aromatic N) is 3. The Kier molecular flexibility index (Phi) is 4.68. The molecule has 0 aliphatic carbocycles. The maximum absolute atomic E-state index is 12.9. The normalized spacial score (nSPS) is 11.5. The molecule has 0 aliphatic heterocycles. The van der Waals surface area contributed by atoms with E-state index in [0.717, 1.165) is 23.5 Å². The standard InChI is InChI=1S/C16H15FN4O2S/c17-13-4-6-14(7-5-13)24(22,23)19-10-12-21-11-8-16(20-21)15-3-1-2-9-18-15/h1-9,11,19H,10,12H2. The fraction of sp³-hybridized carbons (Fsp3) is 0.125. The zero-order chi connectivity index (χ0) is 17.0. The van der Waals surface area contributed by atoms with Crippen LogP contribution in [0.1, 0.15) is 0 Å². The van der Waals surface area contributed by atoms with E-state index in [4.69, 9.17) is 0 Å². The first-order chi connectivity index (χ1) is 11.5. The van der Waals surface area contributed by atoms with Crippen LogP contribution in [-0.2, 0) is 16.6 Å². The zero-order valence-corrected chi connectivity index (χ0v) is 13.4. The minimum Gasteiger partial charge on any atom is -0.271 e.